The SMILES string of the molecule is c1cn(CCNCC2CCC3(CCCC3)O2)cn1. The smallest absolute Gasteiger partial charge is 0.0946 e. The summed E-state index contributed by atoms with van der Waals surface area (Å²) >= 11 is 0. The maximum Gasteiger partial charge on any atom is 0.0946 e. The first-order chi connectivity index (χ1) is 8.86. The van der Waals surface area contributed by atoms with E-state index < -0.39 is 0 Å². The first-order valence-corrected chi connectivity index (χ1v) is 7.21. The average Bonchev–Trinajstić information content (AvgIpc) is 3.10. The molecule has 0 radical (unpaired) electrons. The molecule has 100 valence electrons. The molecule has 1 saturated carbocycles. The maximum atomic E-state index is 6.27. The lowest BCUT2D eigenvalue weighted by atomic mass is 9.98. The Hall–Kier alpha value is -0.870. The van der Waals surface area contributed by atoms with Crippen LogP contribution in [0.25, 0.3) is 0 Å². The van der Waals surface area contributed by atoms with Crippen LogP contribution in [-0.4, -0.2) is 34.3 Å². The highest BCUT2D eigenvalue weighted by Gasteiger charge is 2.41. The zero-order chi connectivity index (χ0) is 12.3. The van der Waals surface area contributed by atoms with E-state index in [9.17, 15) is 0 Å². The van der Waals surface area contributed by atoms with Crippen LogP contribution in [0.5, 0.6) is 0 Å². The third-order valence-corrected chi connectivity index (χ3v) is 4.33. The minimum atomic E-state index is 0.274. The van der Waals surface area contributed by atoms with Gasteiger partial charge in [0.1, 0.15) is 0 Å². The quantitative estimate of drug-likeness (QED) is 0.811. The lowest BCUT2D eigenvalue weighted by Crippen LogP contribution is -2.32. The van der Waals surface area contributed by atoms with Crippen LogP contribution in [0.2, 0.25) is 0 Å². The van der Waals surface area contributed by atoms with Gasteiger partial charge in [-0.05, 0) is 25.7 Å². The zero-order valence-corrected chi connectivity index (χ0v) is 11.0. The summed E-state index contributed by atoms with van der Waals surface area (Å²) in [6.45, 7) is 2.97. The molecule has 0 bridgehead atoms. The van der Waals surface area contributed by atoms with E-state index in [0.29, 0.717) is 6.10 Å². The molecule has 18 heavy (non-hydrogen) atoms. The number of nitrogens with one attached hydrogen (secondary N) is 1. The van der Waals surface area contributed by atoms with E-state index in [4.69, 9.17) is 4.74 Å². The zero-order valence-electron chi connectivity index (χ0n) is 11.0. The summed E-state index contributed by atoms with van der Waals surface area (Å²) in [7, 11) is 0. The summed E-state index contributed by atoms with van der Waals surface area (Å²) in [6, 6.07) is 0. The van der Waals surface area contributed by atoms with Crippen LogP contribution in [0.1, 0.15) is 38.5 Å². The molecule has 1 saturated heterocycles. The normalized spacial score (nSPS) is 26.1. The average molecular weight is 249 g/mol. The van der Waals surface area contributed by atoms with Gasteiger partial charge in [-0.2, -0.15) is 0 Å². The third kappa shape index (κ3) is 2.75. The minimum absolute atomic E-state index is 0.274. The van der Waals surface area contributed by atoms with Crippen LogP contribution >= 0.6 is 0 Å². The topological polar surface area (TPSA) is 39.1 Å². The number of nitrogens with zero attached hydrogens (tertiary/aromatic N) is 2. The summed E-state index contributed by atoms with van der Waals surface area (Å²) in [4.78, 5) is 4.04. The highest BCUT2D eigenvalue weighted by Crippen LogP contribution is 2.43. The predicted molar refractivity (Wildman–Crippen MR) is 70.4 cm³/mol. The number of ether oxygens (including phenoxy) is 1. The van der Waals surface area contributed by atoms with Gasteiger partial charge in [0.05, 0.1) is 18.0 Å². The van der Waals surface area contributed by atoms with Crippen LogP contribution in [0.4, 0.5) is 0 Å². The van der Waals surface area contributed by atoms with Gasteiger partial charge in [0.2, 0.25) is 0 Å². The van der Waals surface area contributed by atoms with Crippen molar-refractivity contribution in [2.75, 3.05) is 13.1 Å². The fourth-order valence-corrected chi connectivity index (χ4v) is 3.32. The Labute approximate surface area is 109 Å². The summed E-state index contributed by atoms with van der Waals surface area (Å²) in [5, 5.41) is 3.50. The number of hydrogen-bond acceptors (Lipinski definition) is 3. The highest BCUT2D eigenvalue weighted by molar-refractivity contribution is 4.93. The van der Waals surface area contributed by atoms with Gasteiger partial charge in [0.15, 0.2) is 0 Å². The van der Waals surface area contributed by atoms with Gasteiger partial charge < -0.3 is 14.6 Å². The first kappa shape index (κ1) is 12.2. The number of aromatic nitrogens is 2. The molecule has 1 aromatic heterocycles. The van der Waals surface area contributed by atoms with Crippen molar-refractivity contribution in [2.24, 2.45) is 0 Å². The Bertz CT molecular complexity index is 357. The summed E-state index contributed by atoms with van der Waals surface area (Å²) in [5.41, 5.74) is 0.274. The van der Waals surface area contributed by atoms with E-state index in [1.165, 1.54) is 38.5 Å². The fourth-order valence-electron chi connectivity index (χ4n) is 3.32. The highest BCUT2D eigenvalue weighted by atomic mass is 16.5. The second-order valence-electron chi connectivity index (χ2n) is 5.67. The van der Waals surface area contributed by atoms with E-state index >= 15 is 0 Å². The molecule has 1 atom stereocenters. The first-order valence-electron chi connectivity index (χ1n) is 7.21. The molecule has 1 spiro atoms. The van der Waals surface area contributed by atoms with Crippen molar-refractivity contribution >= 4 is 0 Å². The Morgan fingerprint density at radius 3 is 3.00 bits per heavy atom. The Balaban J connectivity index is 1.34. The summed E-state index contributed by atoms with van der Waals surface area (Å²) in [5.74, 6) is 0. The Kier molecular flexibility index (Phi) is 3.66. The molecule has 1 N–H and O–H groups in total. The number of imidazole rings is 1. The van der Waals surface area contributed by atoms with Crippen LogP contribution in [0.3, 0.4) is 0 Å². The molecule has 2 aliphatic rings. The van der Waals surface area contributed by atoms with Crippen molar-refractivity contribution in [3.05, 3.63) is 18.7 Å². The van der Waals surface area contributed by atoms with E-state index in [1.807, 2.05) is 18.7 Å². The van der Waals surface area contributed by atoms with Gasteiger partial charge in [-0.15, -0.1) is 0 Å². The molecule has 2 heterocycles. The number of rotatable bonds is 5. The molecule has 0 aromatic carbocycles. The molecule has 2 fully saturated rings. The van der Waals surface area contributed by atoms with Crippen molar-refractivity contribution in [3.8, 4) is 0 Å². The second kappa shape index (κ2) is 5.41. The van der Waals surface area contributed by atoms with Crippen molar-refractivity contribution in [3.63, 3.8) is 0 Å². The molecular formula is C14H23N3O. The monoisotopic (exact) mass is 249 g/mol. The van der Waals surface area contributed by atoms with Gasteiger partial charge >= 0.3 is 0 Å². The van der Waals surface area contributed by atoms with E-state index in [-0.39, 0.29) is 5.60 Å². The fraction of sp³-hybridized carbons (Fsp3) is 0.786. The van der Waals surface area contributed by atoms with Crippen molar-refractivity contribution in [2.45, 2.75) is 56.8 Å². The summed E-state index contributed by atoms with van der Waals surface area (Å²) < 4.78 is 8.36. The molecule has 3 rings (SSSR count). The van der Waals surface area contributed by atoms with E-state index in [0.717, 1.165) is 19.6 Å². The molecule has 1 aromatic rings. The Morgan fingerprint density at radius 1 is 1.33 bits per heavy atom. The van der Waals surface area contributed by atoms with Crippen LogP contribution < -0.4 is 5.32 Å². The van der Waals surface area contributed by atoms with Crippen molar-refractivity contribution in [1.29, 1.82) is 0 Å². The van der Waals surface area contributed by atoms with Crippen LogP contribution in [-0.2, 0) is 11.3 Å². The lowest BCUT2D eigenvalue weighted by molar-refractivity contribution is -0.0350. The minimum Gasteiger partial charge on any atom is -0.370 e. The van der Waals surface area contributed by atoms with Crippen LogP contribution in [0.15, 0.2) is 18.7 Å². The molecule has 0 amide bonds. The number of hydrogen-bond donors (Lipinski definition) is 1. The maximum absolute atomic E-state index is 6.27. The lowest BCUT2D eigenvalue weighted by Gasteiger charge is -2.23. The molecule has 4 nitrogen and oxygen atoms in total. The molecule has 1 aliphatic heterocycles. The van der Waals surface area contributed by atoms with Gasteiger partial charge in [-0.25, -0.2) is 4.98 Å². The van der Waals surface area contributed by atoms with Crippen molar-refractivity contribution < 1.29 is 4.74 Å². The van der Waals surface area contributed by atoms with Gasteiger partial charge in [-0.3, -0.25) is 0 Å². The van der Waals surface area contributed by atoms with Gasteiger partial charge in [0, 0.05) is 32.0 Å². The molecular weight excluding hydrogens is 226 g/mol. The predicted octanol–water partition coefficient (Wildman–Crippen LogP) is 1.96. The second-order valence-corrected chi connectivity index (χ2v) is 5.67. The van der Waals surface area contributed by atoms with E-state index in [2.05, 4.69) is 14.9 Å². The Morgan fingerprint density at radius 2 is 2.22 bits per heavy atom. The largest absolute Gasteiger partial charge is 0.370 e. The van der Waals surface area contributed by atoms with Crippen LogP contribution in [0, 0.1) is 0 Å². The molecule has 1 aliphatic carbocycles. The van der Waals surface area contributed by atoms with Gasteiger partial charge in [-0.1, -0.05) is 12.8 Å². The molecule has 1 unspecified atom stereocenters. The standard InChI is InChI=1S/C14H23N3O/c1-2-5-14(4-1)6-3-13(18-14)11-15-7-9-17-10-8-16-12-17/h8,10,12-13,15H,1-7,9,11H2. The van der Waals surface area contributed by atoms with Gasteiger partial charge in [0.25, 0.3) is 0 Å². The summed E-state index contributed by atoms with van der Waals surface area (Å²) in [6.07, 6.45) is 13.9. The van der Waals surface area contributed by atoms with E-state index in [1.54, 1.807) is 0 Å². The third-order valence-electron chi connectivity index (χ3n) is 4.33. The van der Waals surface area contributed by atoms with Crippen molar-refractivity contribution in [1.82, 2.24) is 14.9 Å². The molecule has 4 heteroatoms.